The number of nitrogens with zero attached hydrogens (tertiary/aromatic N) is 1. The van der Waals surface area contributed by atoms with Gasteiger partial charge < -0.3 is 15.3 Å². The Bertz CT molecular complexity index is 382. The highest BCUT2D eigenvalue weighted by atomic mass is 16.4. The minimum Gasteiger partial charge on any atom is -0.481 e. The van der Waals surface area contributed by atoms with Gasteiger partial charge in [-0.2, -0.15) is 0 Å². The average Bonchev–Trinajstić information content (AvgIpc) is 2.85. The van der Waals surface area contributed by atoms with Crippen LogP contribution in [0.1, 0.15) is 19.8 Å². The fourth-order valence-corrected chi connectivity index (χ4v) is 2.36. The fraction of sp³-hybridized carbons (Fsp3) is 0.727. The molecule has 2 heterocycles. The summed E-state index contributed by atoms with van der Waals surface area (Å²) in [7, 11) is 0. The van der Waals surface area contributed by atoms with Crippen LogP contribution >= 0.6 is 0 Å². The number of carbonyl (C=O) groups is 3. The molecular weight excluding hydrogens is 224 g/mol. The molecular formula is C11H16N2O4. The molecule has 2 fully saturated rings. The van der Waals surface area contributed by atoms with E-state index >= 15 is 0 Å². The number of rotatable bonds is 2. The first-order chi connectivity index (χ1) is 7.92. The van der Waals surface area contributed by atoms with Gasteiger partial charge in [-0.15, -0.1) is 0 Å². The molecule has 0 bridgehead atoms. The minimum atomic E-state index is -0.867. The molecule has 0 aliphatic carbocycles. The van der Waals surface area contributed by atoms with Gasteiger partial charge in [0.15, 0.2) is 0 Å². The van der Waals surface area contributed by atoms with E-state index in [1.807, 2.05) is 0 Å². The van der Waals surface area contributed by atoms with E-state index in [9.17, 15) is 14.4 Å². The van der Waals surface area contributed by atoms with E-state index in [0.717, 1.165) is 0 Å². The SMILES string of the molecule is CC1(C(=O)O)CCN(C(=O)C2CNC(=O)C2)C1. The van der Waals surface area contributed by atoms with Crippen LogP contribution in [0.4, 0.5) is 0 Å². The van der Waals surface area contributed by atoms with E-state index < -0.39 is 11.4 Å². The van der Waals surface area contributed by atoms with Crippen molar-refractivity contribution >= 4 is 17.8 Å². The van der Waals surface area contributed by atoms with Crippen molar-refractivity contribution in [3.05, 3.63) is 0 Å². The molecule has 0 aromatic carbocycles. The quantitative estimate of drug-likeness (QED) is 0.677. The van der Waals surface area contributed by atoms with Crippen LogP contribution in [0, 0.1) is 11.3 Å². The van der Waals surface area contributed by atoms with Gasteiger partial charge in [-0.1, -0.05) is 0 Å². The molecule has 0 aromatic rings. The third kappa shape index (κ3) is 2.11. The fourth-order valence-electron chi connectivity index (χ4n) is 2.36. The Hall–Kier alpha value is -1.59. The lowest BCUT2D eigenvalue weighted by molar-refractivity contribution is -0.147. The van der Waals surface area contributed by atoms with Crippen molar-refractivity contribution in [2.45, 2.75) is 19.8 Å². The van der Waals surface area contributed by atoms with Gasteiger partial charge in [-0.3, -0.25) is 14.4 Å². The molecule has 17 heavy (non-hydrogen) atoms. The van der Waals surface area contributed by atoms with E-state index in [1.54, 1.807) is 11.8 Å². The number of nitrogens with one attached hydrogen (secondary N) is 1. The Morgan fingerprint density at radius 2 is 2.24 bits per heavy atom. The Balaban J connectivity index is 1.99. The third-order valence-corrected chi connectivity index (χ3v) is 3.63. The van der Waals surface area contributed by atoms with Gasteiger partial charge in [0, 0.05) is 26.1 Å². The molecule has 2 aliphatic rings. The van der Waals surface area contributed by atoms with Crippen molar-refractivity contribution in [2.24, 2.45) is 11.3 Å². The first-order valence-corrected chi connectivity index (χ1v) is 5.71. The van der Waals surface area contributed by atoms with E-state index in [1.165, 1.54) is 0 Å². The Morgan fingerprint density at radius 3 is 2.71 bits per heavy atom. The maximum absolute atomic E-state index is 12.0. The Kier molecular flexibility index (Phi) is 2.81. The number of amides is 2. The summed E-state index contributed by atoms with van der Waals surface area (Å²) in [6.07, 6.45) is 0.696. The van der Waals surface area contributed by atoms with Crippen LogP contribution in [0.15, 0.2) is 0 Å². The van der Waals surface area contributed by atoms with Crippen molar-refractivity contribution in [1.29, 1.82) is 0 Å². The van der Waals surface area contributed by atoms with Crippen molar-refractivity contribution in [1.82, 2.24) is 10.2 Å². The van der Waals surface area contributed by atoms with Crippen molar-refractivity contribution < 1.29 is 19.5 Å². The zero-order chi connectivity index (χ0) is 12.6. The molecule has 6 nitrogen and oxygen atoms in total. The summed E-state index contributed by atoms with van der Waals surface area (Å²) < 4.78 is 0. The van der Waals surface area contributed by atoms with Gasteiger partial charge in [0.1, 0.15) is 0 Å². The minimum absolute atomic E-state index is 0.103. The second kappa shape index (κ2) is 4.01. The number of hydrogen-bond donors (Lipinski definition) is 2. The molecule has 2 amide bonds. The molecule has 6 heteroatoms. The second-order valence-corrected chi connectivity index (χ2v) is 5.08. The average molecular weight is 240 g/mol. The van der Waals surface area contributed by atoms with Gasteiger partial charge in [0.2, 0.25) is 11.8 Å². The molecule has 2 aliphatic heterocycles. The molecule has 0 aromatic heterocycles. The van der Waals surface area contributed by atoms with Crippen LogP contribution in [0.25, 0.3) is 0 Å². The lowest BCUT2D eigenvalue weighted by atomic mass is 9.90. The molecule has 2 atom stereocenters. The number of aliphatic carboxylic acids is 1. The van der Waals surface area contributed by atoms with Gasteiger partial charge >= 0.3 is 5.97 Å². The van der Waals surface area contributed by atoms with Crippen LogP contribution in [0.2, 0.25) is 0 Å². The largest absolute Gasteiger partial charge is 0.481 e. The summed E-state index contributed by atoms with van der Waals surface area (Å²) in [5.41, 5.74) is -0.842. The van der Waals surface area contributed by atoms with Crippen LogP contribution in [0.3, 0.4) is 0 Å². The molecule has 2 unspecified atom stereocenters. The standard InChI is InChI=1S/C11H16N2O4/c1-11(10(16)17)2-3-13(6-11)9(15)7-4-8(14)12-5-7/h7H,2-6H2,1H3,(H,12,14)(H,16,17). The molecule has 0 spiro atoms. The van der Waals surface area contributed by atoms with E-state index in [0.29, 0.717) is 19.5 Å². The summed E-state index contributed by atoms with van der Waals surface area (Å²) in [6.45, 7) is 2.73. The zero-order valence-electron chi connectivity index (χ0n) is 9.73. The topological polar surface area (TPSA) is 86.7 Å². The summed E-state index contributed by atoms with van der Waals surface area (Å²) in [6, 6.07) is 0. The molecule has 2 rings (SSSR count). The number of carboxylic acids is 1. The van der Waals surface area contributed by atoms with Gasteiger partial charge in [-0.25, -0.2) is 0 Å². The van der Waals surface area contributed by atoms with E-state index in [-0.39, 0.29) is 30.7 Å². The molecule has 0 saturated carbocycles. The molecule has 94 valence electrons. The monoisotopic (exact) mass is 240 g/mol. The smallest absolute Gasteiger partial charge is 0.311 e. The maximum Gasteiger partial charge on any atom is 0.311 e. The van der Waals surface area contributed by atoms with E-state index in [4.69, 9.17) is 5.11 Å². The van der Waals surface area contributed by atoms with Gasteiger partial charge in [0.05, 0.1) is 11.3 Å². The summed E-state index contributed by atoms with van der Waals surface area (Å²) in [4.78, 5) is 35.7. The van der Waals surface area contributed by atoms with Crippen molar-refractivity contribution in [3.63, 3.8) is 0 Å². The first kappa shape index (κ1) is 11.9. The normalized spacial score (nSPS) is 32.6. The zero-order valence-corrected chi connectivity index (χ0v) is 9.73. The van der Waals surface area contributed by atoms with Crippen LogP contribution < -0.4 is 5.32 Å². The highest BCUT2D eigenvalue weighted by Gasteiger charge is 2.44. The van der Waals surface area contributed by atoms with Crippen LogP contribution in [-0.2, 0) is 14.4 Å². The summed E-state index contributed by atoms with van der Waals surface area (Å²) in [5.74, 6) is -1.40. The van der Waals surface area contributed by atoms with Crippen molar-refractivity contribution in [2.75, 3.05) is 19.6 Å². The third-order valence-electron chi connectivity index (χ3n) is 3.63. The molecule has 0 radical (unpaired) electrons. The Morgan fingerprint density at radius 1 is 1.53 bits per heavy atom. The number of carbonyl (C=O) groups excluding carboxylic acids is 2. The first-order valence-electron chi connectivity index (χ1n) is 5.71. The van der Waals surface area contributed by atoms with Gasteiger partial charge in [0.25, 0.3) is 0 Å². The van der Waals surface area contributed by atoms with E-state index in [2.05, 4.69) is 5.32 Å². The molecule has 2 saturated heterocycles. The number of carboxylic acid groups (broad SMARTS) is 1. The van der Waals surface area contributed by atoms with Crippen LogP contribution in [0.5, 0.6) is 0 Å². The van der Waals surface area contributed by atoms with Gasteiger partial charge in [-0.05, 0) is 13.3 Å². The lowest BCUT2D eigenvalue weighted by Gasteiger charge is -2.22. The number of likely N-dealkylation sites (tertiary alicyclic amines) is 1. The second-order valence-electron chi connectivity index (χ2n) is 5.08. The predicted molar refractivity (Wildman–Crippen MR) is 58.1 cm³/mol. The summed E-state index contributed by atoms with van der Waals surface area (Å²) >= 11 is 0. The van der Waals surface area contributed by atoms with Crippen LogP contribution in [-0.4, -0.2) is 47.4 Å². The summed E-state index contributed by atoms with van der Waals surface area (Å²) in [5, 5.41) is 11.7. The predicted octanol–water partition coefficient (Wildman–Crippen LogP) is -0.554. The highest BCUT2D eigenvalue weighted by molar-refractivity contribution is 5.89. The Labute approximate surface area is 99.0 Å². The molecule has 2 N–H and O–H groups in total. The highest BCUT2D eigenvalue weighted by Crippen LogP contribution is 2.31. The number of hydrogen-bond acceptors (Lipinski definition) is 3. The lowest BCUT2D eigenvalue weighted by Crippen LogP contribution is -2.38. The maximum atomic E-state index is 12.0. The van der Waals surface area contributed by atoms with Crippen molar-refractivity contribution in [3.8, 4) is 0 Å².